The summed E-state index contributed by atoms with van der Waals surface area (Å²) in [6, 6.07) is 3.20. The first-order valence-corrected chi connectivity index (χ1v) is 4.48. The molecule has 14 heavy (non-hydrogen) atoms. The molecule has 0 atom stereocenters. The third kappa shape index (κ3) is 2.65. The van der Waals surface area contributed by atoms with Gasteiger partial charge in [-0.15, -0.1) is 0 Å². The molecule has 0 radical (unpaired) electrons. The van der Waals surface area contributed by atoms with Crippen molar-refractivity contribution in [2.75, 3.05) is 5.73 Å². The highest BCUT2D eigenvalue weighted by molar-refractivity contribution is 6.39. The lowest BCUT2D eigenvalue weighted by molar-refractivity contribution is -0.113. The number of hydrogen-bond donors (Lipinski definition) is 2. The Morgan fingerprint density at radius 2 is 1.79 bits per heavy atom. The highest BCUT2D eigenvalue weighted by Gasteiger charge is 2.02. The molecule has 0 aliphatic heterocycles. The molecule has 0 heterocycles. The molecule has 0 unspecified atom stereocenters. The molecule has 0 bridgehead atoms. The van der Waals surface area contributed by atoms with Crippen LogP contribution in [0, 0.1) is 0 Å². The summed E-state index contributed by atoms with van der Waals surface area (Å²) in [4.78, 5) is 10.5. The van der Waals surface area contributed by atoms with E-state index in [1.807, 2.05) is 0 Å². The number of carbonyl (C=O) groups is 1. The van der Waals surface area contributed by atoms with Crippen molar-refractivity contribution >= 4 is 40.9 Å². The fourth-order valence-corrected chi connectivity index (χ4v) is 1.38. The Kier molecular flexibility index (Phi) is 3.38. The second-order valence-corrected chi connectivity index (χ2v) is 3.45. The van der Waals surface area contributed by atoms with Crippen molar-refractivity contribution in [1.29, 1.82) is 0 Å². The zero-order valence-corrected chi connectivity index (χ0v) is 8.64. The van der Waals surface area contributed by atoms with Crippen LogP contribution in [-0.4, -0.2) is 5.91 Å². The number of rotatable bonds is 2. The normalized spacial score (nSPS) is 10.7. The first-order chi connectivity index (χ1) is 6.50. The number of anilines is 1. The van der Waals surface area contributed by atoms with Crippen molar-refractivity contribution in [3.63, 3.8) is 0 Å². The van der Waals surface area contributed by atoms with Gasteiger partial charge in [0, 0.05) is 6.08 Å². The Morgan fingerprint density at radius 3 is 2.21 bits per heavy atom. The zero-order valence-electron chi connectivity index (χ0n) is 7.13. The molecular formula is C9H8Cl2N2O. The van der Waals surface area contributed by atoms with E-state index >= 15 is 0 Å². The Balaban J connectivity index is 3.07. The maximum atomic E-state index is 10.5. The third-order valence-electron chi connectivity index (χ3n) is 1.54. The van der Waals surface area contributed by atoms with Crippen molar-refractivity contribution in [2.45, 2.75) is 0 Å². The highest BCUT2D eigenvalue weighted by atomic mass is 35.5. The van der Waals surface area contributed by atoms with Crippen LogP contribution in [0.1, 0.15) is 5.56 Å². The highest BCUT2D eigenvalue weighted by Crippen LogP contribution is 2.29. The van der Waals surface area contributed by atoms with Crippen LogP contribution in [0.2, 0.25) is 10.0 Å². The van der Waals surface area contributed by atoms with Gasteiger partial charge in [0.2, 0.25) is 5.91 Å². The summed E-state index contributed by atoms with van der Waals surface area (Å²) in [5.41, 5.74) is 11.5. The minimum atomic E-state index is -0.533. The van der Waals surface area contributed by atoms with E-state index in [1.165, 1.54) is 12.2 Å². The molecule has 1 amide bonds. The number of benzene rings is 1. The first kappa shape index (κ1) is 10.9. The second kappa shape index (κ2) is 4.35. The van der Waals surface area contributed by atoms with Crippen molar-refractivity contribution < 1.29 is 4.79 Å². The van der Waals surface area contributed by atoms with E-state index in [-0.39, 0.29) is 0 Å². The van der Waals surface area contributed by atoms with Crippen LogP contribution in [0.5, 0.6) is 0 Å². The molecule has 0 aliphatic carbocycles. The average Bonchev–Trinajstić information content (AvgIpc) is 2.10. The van der Waals surface area contributed by atoms with Crippen molar-refractivity contribution in [3.8, 4) is 0 Å². The van der Waals surface area contributed by atoms with Gasteiger partial charge in [-0.25, -0.2) is 0 Å². The number of nitrogen functional groups attached to an aromatic ring is 1. The molecular weight excluding hydrogens is 223 g/mol. The van der Waals surface area contributed by atoms with Gasteiger partial charge in [0.05, 0.1) is 15.7 Å². The minimum absolute atomic E-state index is 0.324. The Morgan fingerprint density at radius 1 is 1.29 bits per heavy atom. The SMILES string of the molecule is NC(=O)C=Cc1cc(Cl)c(N)c(Cl)c1. The number of halogens is 2. The van der Waals surface area contributed by atoms with Crippen LogP contribution in [0.15, 0.2) is 18.2 Å². The Bertz CT molecular complexity index is 379. The van der Waals surface area contributed by atoms with Gasteiger partial charge in [0.15, 0.2) is 0 Å². The largest absolute Gasteiger partial charge is 0.396 e. The van der Waals surface area contributed by atoms with Crippen LogP contribution in [0.3, 0.4) is 0 Å². The molecule has 0 saturated heterocycles. The molecule has 3 nitrogen and oxygen atoms in total. The second-order valence-electron chi connectivity index (χ2n) is 2.63. The van der Waals surface area contributed by atoms with Gasteiger partial charge in [-0.1, -0.05) is 23.2 Å². The first-order valence-electron chi connectivity index (χ1n) is 3.72. The number of amides is 1. The smallest absolute Gasteiger partial charge is 0.241 e. The van der Waals surface area contributed by atoms with Crippen molar-refractivity contribution in [3.05, 3.63) is 33.8 Å². The fraction of sp³-hybridized carbons (Fsp3) is 0. The third-order valence-corrected chi connectivity index (χ3v) is 2.17. The van der Waals surface area contributed by atoms with E-state index in [0.29, 0.717) is 21.3 Å². The van der Waals surface area contributed by atoms with Crippen molar-refractivity contribution in [1.82, 2.24) is 0 Å². The van der Waals surface area contributed by atoms with Crippen LogP contribution < -0.4 is 11.5 Å². The quantitative estimate of drug-likeness (QED) is 0.604. The van der Waals surface area contributed by atoms with Crippen LogP contribution in [0.25, 0.3) is 6.08 Å². The van der Waals surface area contributed by atoms with Gasteiger partial charge >= 0.3 is 0 Å². The summed E-state index contributed by atoms with van der Waals surface area (Å²) in [5.74, 6) is -0.533. The van der Waals surface area contributed by atoms with E-state index in [0.717, 1.165) is 0 Å². The maximum Gasteiger partial charge on any atom is 0.241 e. The minimum Gasteiger partial charge on any atom is -0.396 e. The molecule has 4 N–H and O–H groups in total. The molecule has 0 saturated carbocycles. The standard InChI is InChI=1S/C9H8Cl2N2O/c10-6-3-5(1-2-8(12)14)4-7(11)9(6)13/h1-4H,13H2,(H2,12,14). The van der Waals surface area contributed by atoms with E-state index in [9.17, 15) is 4.79 Å². The van der Waals surface area contributed by atoms with Gasteiger partial charge < -0.3 is 11.5 Å². The maximum absolute atomic E-state index is 10.5. The molecule has 1 aromatic rings. The molecule has 0 spiro atoms. The topological polar surface area (TPSA) is 69.1 Å². The summed E-state index contributed by atoms with van der Waals surface area (Å²) >= 11 is 11.5. The van der Waals surface area contributed by atoms with Gasteiger partial charge in [0.25, 0.3) is 0 Å². The molecule has 0 aliphatic rings. The predicted octanol–water partition coefficient (Wildman–Crippen LogP) is 2.07. The van der Waals surface area contributed by atoms with E-state index < -0.39 is 5.91 Å². The average molecular weight is 231 g/mol. The van der Waals surface area contributed by atoms with E-state index in [2.05, 4.69) is 0 Å². The molecule has 5 heteroatoms. The Labute approximate surface area is 91.3 Å². The molecule has 0 aromatic heterocycles. The van der Waals surface area contributed by atoms with Gasteiger partial charge in [-0.2, -0.15) is 0 Å². The van der Waals surface area contributed by atoms with E-state index in [1.54, 1.807) is 12.1 Å². The lowest BCUT2D eigenvalue weighted by Crippen LogP contribution is -2.05. The van der Waals surface area contributed by atoms with Gasteiger partial charge in [-0.3, -0.25) is 4.79 Å². The fourth-order valence-electron chi connectivity index (χ4n) is 0.878. The zero-order chi connectivity index (χ0) is 10.7. The van der Waals surface area contributed by atoms with Crippen LogP contribution in [-0.2, 0) is 4.79 Å². The lowest BCUT2D eigenvalue weighted by Gasteiger charge is -2.02. The number of primary amides is 1. The Hall–Kier alpha value is -1.19. The summed E-state index contributed by atoms with van der Waals surface area (Å²) in [6.07, 6.45) is 2.73. The van der Waals surface area contributed by atoms with Gasteiger partial charge in [0.1, 0.15) is 0 Å². The van der Waals surface area contributed by atoms with Crippen LogP contribution in [0.4, 0.5) is 5.69 Å². The van der Waals surface area contributed by atoms with Crippen LogP contribution >= 0.6 is 23.2 Å². The summed E-state index contributed by atoms with van der Waals surface area (Å²) in [6.45, 7) is 0. The van der Waals surface area contributed by atoms with Crippen molar-refractivity contribution in [2.24, 2.45) is 5.73 Å². The molecule has 1 aromatic carbocycles. The molecule has 1 rings (SSSR count). The van der Waals surface area contributed by atoms with E-state index in [4.69, 9.17) is 34.7 Å². The summed E-state index contributed by atoms with van der Waals surface area (Å²) in [7, 11) is 0. The monoisotopic (exact) mass is 230 g/mol. The number of carbonyl (C=O) groups excluding carboxylic acids is 1. The van der Waals surface area contributed by atoms with Gasteiger partial charge in [-0.05, 0) is 23.8 Å². The molecule has 74 valence electrons. The molecule has 0 fully saturated rings. The summed E-state index contributed by atoms with van der Waals surface area (Å²) < 4.78 is 0. The summed E-state index contributed by atoms with van der Waals surface area (Å²) in [5, 5.41) is 0.697. The number of hydrogen-bond acceptors (Lipinski definition) is 2. The number of nitrogens with two attached hydrogens (primary N) is 2. The predicted molar refractivity (Wildman–Crippen MR) is 59.1 cm³/mol. The lowest BCUT2D eigenvalue weighted by atomic mass is 10.2.